The Labute approximate surface area is 75.7 Å². The molecule has 0 bridgehead atoms. The first-order valence-corrected chi connectivity index (χ1v) is 4.81. The lowest BCUT2D eigenvalue weighted by Crippen LogP contribution is -2.38. The fourth-order valence-corrected chi connectivity index (χ4v) is 1.72. The van der Waals surface area contributed by atoms with Crippen LogP contribution in [0.2, 0.25) is 0 Å². The van der Waals surface area contributed by atoms with Gasteiger partial charge >= 0.3 is 0 Å². The molecule has 1 aliphatic rings. The maximum absolute atomic E-state index is 3.46. The SMILES string of the molecule is CC(C)C1=[N+](C(C)(C)C)CCN1. The van der Waals surface area contributed by atoms with Crippen LogP contribution in [-0.2, 0) is 0 Å². The summed E-state index contributed by atoms with van der Waals surface area (Å²) in [4.78, 5) is 0. The Morgan fingerprint density at radius 3 is 2.25 bits per heavy atom. The van der Waals surface area contributed by atoms with Crippen LogP contribution in [0.5, 0.6) is 0 Å². The van der Waals surface area contributed by atoms with E-state index in [1.165, 1.54) is 5.84 Å². The number of nitrogens with zero attached hydrogens (tertiary/aromatic N) is 1. The first-order valence-electron chi connectivity index (χ1n) is 4.81. The van der Waals surface area contributed by atoms with Gasteiger partial charge in [0.1, 0.15) is 13.1 Å². The van der Waals surface area contributed by atoms with Gasteiger partial charge in [0.2, 0.25) is 5.84 Å². The molecule has 1 rings (SSSR count). The second-order valence-electron chi connectivity index (χ2n) is 4.79. The number of nitrogens with one attached hydrogen (secondary N) is 1. The molecule has 1 N–H and O–H groups in total. The van der Waals surface area contributed by atoms with E-state index in [1.807, 2.05) is 0 Å². The van der Waals surface area contributed by atoms with Crippen LogP contribution in [0, 0.1) is 5.92 Å². The van der Waals surface area contributed by atoms with E-state index in [4.69, 9.17) is 0 Å². The number of amidine groups is 1. The monoisotopic (exact) mass is 169 g/mol. The summed E-state index contributed by atoms with van der Waals surface area (Å²) in [6.45, 7) is 13.5. The van der Waals surface area contributed by atoms with Gasteiger partial charge in [0.25, 0.3) is 0 Å². The highest BCUT2D eigenvalue weighted by Gasteiger charge is 2.31. The van der Waals surface area contributed by atoms with Crippen LogP contribution in [0.15, 0.2) is 0 Å². The van der Waals surface area contributed by atoms with Crippen LogP contribution < -0.4 is 5.32 Å². The van der Waals surface area contributed by atoms with E-state index in [0.717, 1.165) is 13.1 Å². The van der Waals surface area contributed by atoms with Gasteiger partial charge < -0.3 is 0 Å². The van der Waals surface area contributed by atoms with Crippen molar-refractivity contribution < 1.29 is 4.58 Å². The van der Waals surface area contributed by atoms with Crippen molar-refractivity contribution >= 4 is 5.84 Å². The van der Waals surface area contributed by atoms with Crippen LogP contribution in [0.25, 0.3) is 0 Å². The summed E-state index contributed by atoms with van der Waals surface area (Å²) in [6, 6.07) is 0. The molecular weight excluding hydrogens is 148 g/mol. The van der Waals surface area contributed by atoms with Gasteiger partial charge in [0.15, 0.2) is 0 Å². The highest BCUT2D eigenvalue weighted by Crippen LogP contribution is 2.12. The molecule has 70 valence electrons. The third kappa shape index (κ3) is 1.79. The van der Waals surface area contributed by atoms with Gasteiger partial charge in [0.05, 0.1) is 11.5 Å². The lowest BCUT2D eigenvalue weighted by molar-refractivity contribution is -0.590. The molecule has 0 saturated carbocycles. The zero-order valence-corrected chi connectivity index (χ0v) is 8.94. The predicted molar refractivity (Wildman–Crippen MR) is 52.7 cm³/mol. The lowest BCUT2D eigenvalue weighted by atomic mass is 10.1. The molecule has 0 radical (unpaired) electrons. The van der Waals surface area contributed by atoms with Crippen molar-refractivity contribution in [2.45, 2.75) is 40.2 Å². The minimum atomic E-state index is 0.267. The Hall–Kier alpha value is -0.530. The maximum Gasteiger partial charge on any atom is 0.247 e. The van der Waals surface area contributed by atoms with Crippen molar-refractivity contribution in [3.8, 4) is 0 Å². The normalized spacial score (nSPS) is 18.8. The third-order valence-corrected chi connectivity index (χ3v) is 2.29. The molecule has 0 aliphatic carbocycles. The molecular formula is C10H21N2+. The van der Waals surface area contributed by atoms with E-state index in [0.29, 0.717) is 5.92 Å². The van der Waals surface area contributed by atoms with E-state index >= 15 is 0 Å². The Morgan fingerprint density at radius 1 is 1.33 bits per heavy atom. The molecule has 0 saturated heterocycles. The number of rotatable bonds is 1. The van der Waals surface area contributed by atoms with E-state index in [1.54, 1.807) is 0 Å². The molecule has 1 aliphatic heterocycles. The van der Waals surface area contributed by atoms with Crippen LogP contribution in [0.3, 0.4) is 0 Å². The molecule has 2 heteroatoms. The summed E-state index contributed by atoms with van der Waals surface area (Å²) in [6.07, 6.45) is 0. The topological polar surface area (TPSA) is 15.0 Å². The Kier molecular flexibility index (Phi) is 2.45. The zero-order chi connectivity index (χ0) is 9.35. The van der Waals surface area contributed by atoms with Crippen LogP contribution in [0.1, 0.15) is 34.6 Å². The van der Waals surface area contributed by atoms with Crippen molar-refractivity contribution in [1.82, 2.24) is 5.32 Å². The summed E-state index contributed by atoms with van der Waals surface area (Å²) in [7, 11) is 0. The molecule has 0 fully saturated rings. The van der Waals surface area contributed by atoms with Gasteiger partial charge in [-0.1, -0.05) is 13.8 Å². The minimum absolute atomic E-state index is 0.267. The van der Waals surface area contributed by atoms with E-state index in [2.05, 4.69) is 44.5 Å². The molecule has 1 heterocycles. The summed E-state index contributed by atoms with van der Waals surface area (Å²) < 4.78 is 2.47. The van der Waals surface area contributed by atoms with Gasteiger partial charge in [0, 0.05) is 0 Å². The van der Waals surface area contributed by atoms with Gasteiger partial charge in [-0.15, -0.1) is 0 Å². The van der Waals surface area contributed by atoms with Crippen molar-refractivity contribution in [1.29, 1.82) is 0 Å². The summed E-state index contributed by atoms with van der Waals surface area (Å²) in [5.41, 5.74) is 0.267. The second-order valence-corrected chi connectivity index (χ2v) is 4.79. The van der Waals surface area contributed by atoms with Gasteiger partial charge in [-0.05, 0) is 20.8 Å². The zero-order valence-electron chi connectivity index (χ0n) is 8.94. The molecule has 0 spiro atoms. The number of hydrogen-bond acceptors (Lipinski definition) is 1. The average molecular weight is 169 g/mol. The van der Waals surface area contributed by atoms with Crippen LogP contribution in [-0.4, -0.2) is 29.0 Å². The summed E-state index contributed by atoms with van der Waals surface area (Å²) >= 11 is 0. The van der Waals surface area contributed by atoms with Crippen molar-refractivity contribution in [3.05, 3.63) is 0 Å². The fourth-order valence-electron chi connectivity index (χ4n) is 1.72. The van der Waals surface area contributed by atoms with Gasteiger partial charge in [-0.25, -0.2) is 0 Å². The van der Waals surface area contributed by atoms with Crippen molar-refractivity contribution in [2.75, 3.05) is 13.1 Å². The van der Waals surface area contributed by atoms with Crippen LogP contribution >= 0.6 is 0 Å². The van der Waals surface area contributed by atoms with Crippen LogP contribution in [0.4, 0.5) is 0 Å². The number of hydrogen-bond donors (Lipinski definition) is 1. The van der Waals surface area contributed by atoms with E-state index in [9.17, 15) is 0 Å². The Balaban J connectivity index is 2.92. The van der Waals surface area contributed by atoms with Crippen molar-refractivity contribution in [2.24, 2.45) is 5.92 Å². The molecule has 0 atom stereocenters. The molecule has 0 aromatic heterocycles. The van der Waals surface area contributed by atoms with E-state index in [-0.39, 0.29) is 5.54 Å². The molecule has 0 aromatic carbocycles. The first kappa shape index (κ1) is 9.56. The first-order chi connectivity index (χ1) is 5.43. The Bertz CT molecular complexity index is 196. The second kappa shape index (κ2) is 3.08. The average Bonchev–Trinajstić information content (AvgIpc) is 2.30. The highest BCUT2D eigenvalue weighted by molar-refractivity contribution is 5.80. The quantitative estimate of drug-likeness (QED) is 0.587. The minimum Gasteiger partial charge on any atom is -0.274 e. The summed E-state index contributed by atoms with van der Waals surface area (Å²) in [5, 5.41) is 3.46. The predicted octanol–water partition coefficient (Wildman–Crippen LogP) is 1.46. The fraction of sp³-hybridized carbons (Fsp3) is 0.900. The Morgan fingerprint density at radius 2 is 1.92 bits per heavy atom. The highest BCUT2D eigenvalue weighted by atomic mass is 15.2. The van der Waals surface area contributed by atoms with Gasteiger partial charge in [-0.2, -0.15) is 0 Å². The molecule has 0 amide bonds. The largest absolute Gasteiger partial charge is 0.274 e. The molecule has 12 heavy (non-hydrogen) atoms. The van der Waals surface area contributed by atoms with Gasteiger partial charge in [-0.3, -0.25) is 9.89 Å². The molecule has 2 nitrogen and oxygen atoms in total. The third-order valence-electron chi connectivity index (χ3n) is 2.29. The standard InChI is InChI=1S/C10H20N2/c1-8(2)9-11-6-7-12(9)10(3,4)5/h8H,6-7H2,1-5H3/p+1. The lowest BCUT2D eigenvalue weighted by Gasteiger charge is -2.20. The summed E-state index contributed by atoms with van der Waals surface area (Å²) in [5.74, 6) is 2.02. The molecule has 0 unspecified atom stereocenters. The van der Waals surface area contributed by atoms with Crippen molar-refractivity contribution in [3.63, 3.8) is 0 Å². The molecule has 0 aromatic rings. The smallest absolute Gasteiger partial charge is 0.247 e. The maximum atomic E-state index is 3.46. The van der Waals surface area contributed by atoms with E-state index < -0.39 is 0 Å².